The van der Waals surface area contributed by atoms with Crippen LogP contribution in [0.1, 0.15) is 18.9 Å². The molecule has 0 saturated heterocycles. The van der Waals surface area contributed by atoms with E-state index in [1.807, 2.05) is 44.3 Å². The molecule has 0 spiro atoms. The van der Waals surface area contributed by atoms with Crippen molar-refractivity contribution in [2.24, 2.45) is 7.05 Å². The number of halogens is 2. The average Bonchev–Trinajstić information content (AvgIpc) is 3.04. The van der Waals surface area contributed by atoms with Crippen LogP contribution in [-0.4, -0.2) is 26.4 Å². The summed E-state index contributed by atoms with van der Waals surface area (Å²) in [4.78, 5) is 12.1. The van der Waals surface area contributed by atoms with Gasteiger partial charge in [-0.05, 0) is 37.3 Å². The number of anilines is 1. The second-order valence-electron chi connectivity index (χ2n) is 5.93. The number of carbonyl (C=O) groups excluding carboxylic acids is 1. The van der Waals surface area contributed by atoms with Gasteiger partial charge in [0.1, 0.15) is 11.6 Å². The van der Waals surface area contributed by atoms with Crippen molar-refractivity contribution in [3.05, 3.63) is 64.6 Å². The van der Waals surface area contributed by atoms with Crippen LogP contribution in [0.4, 0.5) is 10.1 Å². The fraction of sp³-hybridized carbons (Fsp3) is 0.211. The molecule has 0 bridgehead atoms. The Morgan fingerprint density at radius 2 is 2.04 bits per heavy atom. The Hall–Kier alpha value is -2.39. The number of para-hydroxylation sites is 1. The summed E-state index contributed by atoms with van der Waals surface area (Å²) in [5.41, 5.74) is 0.136. The van der Waals surface area contributed by atoms with E-state index in [1.54, 1.807) is 10.6 Å². The predicted molar refractivity (Wildman–Crippen MR) is 110 cm³/mol. The van der Waals surface area contributed by atoms with Crippen molar-refractivity contribution in [1.82, 2.24) is 14.8 Å². The molecule has 0 fully saturated rings. The molecule has 0 aliphatic carbocycles. The van der Waals surface area contributed by atoms with E-state index in [2.05, 4.69) is 31.4 Å². The van der Waals surface area contributed by atoms with Gasteiger partial charge in [-0.15, -0.1) is 10.2 Å². The first kappa shape index (κ1) is 20.3. The fourth-order valence-electron chi connectivity index (χ4n) is 2.47. The minimum atomic E-state index is -0.499. The van der Waals surface area contributed by atoms with E-state index in [0.717, 1.165) is 5.75 Å². The molecule has 1 heterocycles. The molecule has 146 valence electrons. The second-order valence-corrected chi connectivity index (χ2v) is 7.79. The first-order valence-corrected chi connectivity index (χ1v) is 10.2. The van der Waals surface area contributed by atoms with Gasteiger partial charge in [-0.25, -0.2) is 4.39 Å². The lowest BCUT2D eigenvalue weighted by molar-refractivity contribution is -0.113. The normalized spacial score (nSPS) is 11.9. The van der Waals surface area contributed by atoms with Crippen LogP contribution in [0.5, 0.6) is 5.75 Å². The SMILES string of the molecule is C[C@@H](Oc1ccccc1)c1nnc(SCC(=O)Nc2ccc(Br)cc2F)n1C. The van der Waals surface area contributed by atoms with E-state index in [4.69, 9.17) is 4.74 Å². The van der Waals surface area contributed by atoms with Crippen LogP contribution in [0.3, 0.4) is 0 Å². The van der Waals surface area contributed by atoms with Gasteiger partial charge in [-0.2, -0.15) is 0 Å². The van der Waals surface area contributed by atoms with Gasteiger partial charge in [-0.3, -0.25) is 4.79 Å². The van der Waals surface area contributed by atoms with Crippen molar-refractivity contribution >= 4 is 39.3 Å². The highest BCUT2D eigenvalue weighted by atomic mass is 79.9. The van der Waals surface area contributed by atoms with Crippen molar-refractivity contribution in [3.63, 3.8) is 0 Å². The third kappa shape index (κ3) is 5.11. The lowest BCUT2D eigenvalue weighted by Crippen LogP contribution is -2.15. The zero-order valence-corrected chi connectivity index (χ0v) is 17.6. The zero-order valence-electron chi connectivity index (χ0n) is 15.2. The number of aromatic nitrogens is 3. The standard InChI is InChI=1S/C19H18BrFN4O2S/c1-12(27-14-6-4-3-5-7-14)18-23-24-19(25(18)2)28-11-17(26)22-16-9-8-13(20)10-15(16)21/h3-10,12H,11H2,1-2H3,(H,22,26)/t12-/m1/s1. The summed E-state index contributed by atoms with van der Waals surface area (Å²) < 4.78 is 22.1. The molecule has 1 N–H and O–H groups in total. The molecule has 3 rings (SSSR count). The molecule has 1 aromatic heterocycles. The van der Waals surface area contributed by atoms with Crippen molar-refractivity contribution in [3.8, 4) is 5.75 Å². The third-order valence-electron chi connectivity index (χ3n) is 3.83. The number of benzene rings is 2. The van der Waals surface area contributed by atoms with Crippen molar-refractivity contribution < 1.29 is 13.9 Å². The number of carbonyl (C=O) groups is 1. The number of hydrogen-bond acceptors (Lipinski definition) is 5. The largest absolute Gasteiger partial charge is 0.483 e. The molecule has 0 radical (unpaired) electrons. The van der Waals surface area contributed by atoms with E-state index >= 15 is 0 Å². The lowest BCUT2D eigenvalue weighted by Gasteiger charge is -2.14. The molecular weight excluding hydrogens is 447 g/mol. The van der Waals surface area contributed by atoms with Gasteiger partial charge in [0.05, 0.1) is 11.4 Å². The second kappa shape index (κ2) is 9.20. The van der Waals surface area contributed by atoms with Gasteiger partial charge >= 0.3 is 0 Å². The van der Waals surface area contributed by atoms with Gasteiger partial charge in [0.2, 0.25) is 5.91 Å². The molecule has 0 unspecified atom stereocenters. The van der Waals surface area contributed by atoms with Crippen LogP contribution < -0.4 is 10.1 Å². The Bertz CT molecular complexity index is 968. The van der Waals surface area contributed by atoms with Crippen LogP contribution in [0, 0.1) is 5.82 Å². The molecule has 0 aliphatic heterocycles. The monoisotopic (exact) mass is 464 g/mol. The van der Waals surface area contributed by atoms with E-state index in [1.165, 1.54) is 23.9 Å². The molecule has 2 aromatic carbocycles. The van der Waals surface area contributed by atoms with Gasteiger partial charge in [-0.1, -0.05) is 45.9 Å². The highest BCUT2D eigenvalue weighted by Crippen LogP contribution is 2.24. The average molecular weight is 465 g/mol. The van der Waals surface area contributed by atoms with Crippen molar-refractivity contribution in [2.45, 2.75) is 18.2 Å². The summed E-state index contributed by atoms with van der Waals surface area (Å²) in [7, 11) is 1.81. The van der Waals surface area contributed by atoms with Crippen molar-refractivity contribution in [2.75, 3.05) is 11.1 Å². The third-order valence-corrected chi connectivity index (χ3v) is 5.34. The summed E-state index contributed by atoms with van der Waals surface area (Å²) in [5, 5.41) is 11.4. The Kier molecular flexibility index (Phi) is 6.69. The first-order valence-electron chi connectivity index (χ1n) is 8.42. The minimum Gasteiger partial charge on any atom is -0.483 e. The predicted octanol–water partition coefficient (Wildman–Crippen LogP) is 4.59. The molecule has 3 aromatic rings. The van der Waals surface area contributed by atoms with Crippen LogP contribution >= 0.6 is 27.7 Å². The number of nitrogens with zero attached hydrogens (tertiary/aromatic N) is 3. The summed E-state index contributed by atoms with van der Waals surface area (Å²) >= 11 is 4.40. The molecule has 1 atom stereocenters. The van der Waals surface area contributed by atoms with Crippen LogP contribution in [0.15, 0.2) is 58.2 Å². The van der Waals surface area contributed by atoms with E-state index in [9.17, 15) is 9.18 Å². The maximum atomic E-state index is 13.8. The molecule has 28 heavy (non-hydrogen) atoms. The molecule has 0 aliphatic rings. The smallest absolute Gasteiger partial charge is 0.234 e. The number of rotatable bonds is 7. The summed E-state index contributed by atoms with van der Waals surface area (Å²) in [6, 6.07) is 13.9. The number of nitrogens with one attached hydrogen (secondary N) is 1. The van der Waals surface area contributed by atoms with Crippen molar-refractivity contribution in [1.29, 1.82) is 0 Å². The molecule has 1 amide bonds. The van der Waals surface area contributed by atoms with E-state index in [0.29, 0.717) is 15.5 Å². The number of hydrogen-bond donors (Lipinski definition) is 1. The summed E-state index contributed by atoms with van der Waals surface area (Å²) in [6.07, 6.45) is -0.306. The number of ether oxygens (including phenoxy) is 1. The summed E-state index contributed by atoms with van der Waals surface area (Å²) in [5.74, 6) is 0.633. The Morgan fingerprint density at radius 3 is 2.75 bits per heavy atom. The highest BCUT2D eigenvalue weighted by molar-refractivity contribution is 9.10. The van der Waals surface area contributed by atoms with Gasteiger partial charge < -0.3 is 14.6 Å². The topological polar surface area (TPSA) is 69.0 Å². The number of thioether (sulfide) groups is 1. The van der Waals surface area contributed by atoms with E-state index in [-0.39, 0.29) is 23.5 Å². The highest BCUT2D eigenvalue weighted by Gasteiger charge is 2.18. The van der Waals surface area contributed by atoms with Crippen LogP contribution in [0.25, 0.3) is 0 Å². The Balaban J connectivity index is 1.58. The fourth-order valence-corrected chi connectivity index (χ4v) is 3.52. The maximum Gasteiger partial charge on any atom is 0.234 e. The van der Waals surface area contributed by atoms with Gasteiger partial charge in [0, 0.05) is 11.5 Å². The van der Waals surface area contributed by atoms with E-state index < -0.39 is 5.82 Å². The van der Waals surface area contributed by atoms with Gasteiger partial charge in [0.25, 0.3) is 0 Å². The maximum absolute atomic E-state index is 13.8. The van der Waals surface area contributed by atoms with Gasteiger partial charge in [0.15, 0.2) is 17.1 Å². The summed E-state index contributed by atoms with van der Waals surface area (Å²) in [6.45, 7) is 1.88. The Morgan fingerprint density at radius 1 is 1.29 bits per heavy atom. The lowest BCUT2D eigenvalue weighted by atomic mass is 10.3. The first-order chi connectivity index (χ1) is 13.4. The molecule has 6 nitrogen and oxygen atoms in total. The Labute approximate surface area is 174 Å². The van der Waals surface area contributed by atoms with Crippen LogP contribution in [0.2, 0.25) is 0 Å². The zero-order chi connectivity index (χ0) is 20.1. The molecule has 9 heteroatoms. The molecular formula is C19H18BrFN4O2S. The minimum absolute atomic E-state index is 0.0788. The number of amides is 1. The van der Waals surface area contributed by atoms with Crippen LogP contribution in [-0.2, 0) is 11.8 Å². The quantitative estimate of drug-likeness (QED) is 0.517. The molecule has 0 saturated carbocycles.